The lowest BCUT2D eigenvalue weighted by Gasteiger charge is -2.08. The lowest BCUT2D eigenvalue weighted by atomic mass is 10.5. The summed E-state index contributed by atoms with van der Waals surface area (Å²) in [6.07, 6.45) is -1.24. The molecule has 0 aromatic rings. The maximum Gasteiger partial charge on any atom is 0.394 e. The zero-order chi connectivity index (χ0) is 13.7. The van der Waals surface area contributed by atoms with Crippen LogP contribution >= 0.6 is 0 Å². The Hall–Kier alpha value is -1.05. The molecule has 0 amide bonds. The van der Waals surface area contributed by atoms with Crippen molar-refractivity contribution >= 4 is 31.5 Å². The van der Waals surface area contributed by atoms with Gasteiger partial charge in [0.1, 0.15) is 6.42 Å². The quantitative estimate of drug-likeness (QED) is 0.405. The highest BCUT2D eigenvalue weighted by Crippen LogP contribution is 2.14. The van der Waals surface area contributed by atoms with E-state index in [0.717, 1.165) is 0 Å². The number of hydrogen-bond donors (Lipinski definition) is 0. The summed E-state index contributed by atoms with van der Waals surface area (Å²) in [4.78, 5) is 21.1. The largest absolute Gasteiger partial charge is 0.514 e. The molecule has 0 aliphatic rings. The first-order chi connectivity index (χ1) is 7.49. The molecule has 0 saturated heterocycles. The van der Waals surface area contributed by atoms with Gasteiger partial charge in [-0.3, -0.25) is 9.59 Å². The molecule has 0 rings (SSSR count). The average Bonchev–Trinajstić information content (AvgIpc) is 2.09. The second-order valence-electron chi connectivity index (χ2n) is 2.73. The maximum atomic E-state index is 11.6. The number of alkyl halides is 6. The van der Waals surface area contributed by atoms with Crippen LogP contribution in [0, 0.1) is 0 Å². The van der Waals surface area contributed by atoms with Gasteiger partial charge in [0.25, 0.3) is 0 Å². The molecule has 0 fully saturated rings. The Morgan fingerprint density at radius 2 is 1.12 bits per heavy atom. The van der Waals surface area contributed by atoms with Crippen molar-refractivity contribution in [1.82, 2.24) is 0 Å². The van der Waals surface area contributed by atoms with Crippen molar-refractivity contribution in [2.75, 3.05) is 0 Å². The second-order valence-corrected chi connectivity index (χ2v) is 5.49. The summed E-state index contributed by atoms with van der Waals surface area (Å²) < 4.78 is 76.9. The molecular formula is C5H6F6O4Si2. The normalized spacial score (nSPS) is 13.5. The highest BCUT2D eigenvalue weighted by Gasteiger charge is 2.33. The van der Waals surface area contributed by atoms with Crippen LogP contribution in [0.15, 0.2) is 0 Å². The van der Waals surface area contributed by atoms with Gasteiger partial charge < -0.3 is 8.85 Å². The van der Waals surface area contributed by atoms with Crippen molar-refractivity contribution in [2.45, 2.75) is 18.0 Å². The Morgan fingerprint density at radius 1 is 0.824 bits per heavy atom. The molecule has 0 radical (unpaired) electrons. The van der Waals surface area contributed by atoms with Crippen LogP contribution in [0.2, 0.25) is 0 Å². The topological polar surface area (TPSA) is 52.6 Å². The van der Waals surface area contributed by atoms with E-state index in [4.69, 9.17) is 0 Å². The standard InChI is InChI=1S/C5H6F6O4Si2/c6-4(7,8)16-14-2(12)1-3(13)15-17-5(9,10)11/h1,16-17H2. The third kappa shape index (κ3) is 11.2. The van der Waals surface area contributed by atoms with E-state index in [2.05, 4.69) is 8.85 Å². The first-order valence-corrected chi connectivity index (χ1v) is 6.51. The molecule has 0 saturated carbocycles. The number of halogens is 6. The summed E-state index contributed by atoms with van der Waals surface area (Å²) in [5.74, 6) is -12.3. The van der Waals surface area contributed by atoms with Gasteiger partial charge in [0.15, 0.2) is 0 Å². The molecule has 0 heterocycles. The zero-order valence-electron chi connectivity index (χ0n) is 8.02. The first-order valence-electron chi connectivity index (χ1n) is 3.94. The molecule has 100 valence electrons. The van der Waals surface area contributed by atoms with E-state index in [9.17, 15) is 35.9 Å². The summed E-state index contributed by atoms with van der Waals surface area (Å²) in [7, 11) is -6.30. The van der Waals surface area contributed by atoms with E-state index < -0.39 is 49.5 Å². The fourth-order valence-corrected chi connectivity index (χ4v) is 1.40. The molecule has 0 spiro atoms. The summed E-state index contributed by atoms with van der Waals surface area (Å²) in [5, 5.41) is 0. The number of carbonyl (C=O) groups excluding carboxylic acids is 2. The van der Waals surface area contributed by atoms with Crippen molar-refractivity contribution in [1.29, 1.82) is 0 Å². The smallest absolute Gasteiger partial charge is 0.394 e. The fourth-order valence-electron chi connectivity index (χ4n) is 0.545. The van der Waals surface area contributed by atoms with Gasteiger partial charge in [0.2, 0.25) is 0 Å². The third-order valence-electron chi connectivity index (χ3n) is 1.08. The van der Waals surface area contributed by atoms with Crippen LogP contribution in [0.25, 0.3) is 0 Å². The third-order valence-corrected chi connectivity index (χ3v) is 2.67. The predicted octanol–water partition coefficient (Wildman–Crippen LogP) is -0.330. The maximum absolute atomic E-state index is 11.6. The van der Waals surface area contributed by atoms with Gasteiger partial charge in [-0.15, -0.1) is 0 Å². The highest BCUT2D eigenvalue weighted by molar-refractivity contribution is 6.35. The van der Waals surface area contributed by atoms with Gasteiger partial charge in [-0.05, 0) is 0 Å². The van der Waals surface area contributed by atoms with Crippen LogP contribution in [0.1, 0.15) is 6.42 Å². The van der Waals surface area contributed by atoms with Crippen molar-refractivity contribution in [2.24, 2.45) is 0 Å². The van der Waals surface area contributed by atoms with Gasteiger partial charge in [-0.2, -0.15) is 26.3 Å². The molecule has 0 bridgehead atoms. The first kappa shape index (κ1) is 16.0. The van der Waals surface area contributed by atoms with Crippen molar-refractivity contribution in [3.8, 4) is 0 Å². The van der Waals surface area contributed by atoms with Crippen LogP contribution in [0.5, 0.6) is 0 Å². The SMILES string of the molecule is O=C(CC(=O)O[SiH2]C(F)(F)F)O[SiH2]C(F)(F)F. The molecule has 0 aliphatic carbocycles. The Kier molecular flexibility index (Phi) is 5.67. The van der Waals surface area contributed by atoms with E-state index >= 15 is 0 Å². The monoisotopic (exact) mass is 300 g/mol. The zero-order valence-corrected chi connectivity index (χ0v) is 10.9. The molecule has 17 heavy (non-hydrogen) atoms. The molecule has 0 unspecified atom stereocenters. The second kappa shape index (κ2) is 6.04. The number of carbonyl (C=O) groups is 2. The number of rotatable bonds is 4. The summed E-state index contributed by atoms with van der Waals surface area (Å²) in [5.41, 5.74) is 0. The Balaban J connectivity index is 3.86. The van der Waals surface area contributed by atoms with Crippen molar-refractivity contribution < 1.29 is 44.8 Å². The van der Waals surface area contributed by atoms with E-state index in [1.54, 1.807) is 0 Å². The molecule has 0 aromatic carbocycles. The van der Waals surface area contributed by atoms with Crippen molar-refractivity contribution in [3.63, 3.8) is 0 Å². The minimum absolute atomic E-state index is 1.24. The van der Waals surface area contributed by atoms with Crippen LogP contribution in [-0.2, 0) is 18.4 Å². The van der Waals surface area contributed by atoms with E-state index in [1.165, 1.54) is 0 Å². The predicted molar refractivity (Wildman–Crippen MR) is 46.0 cm³/mol. The summed E-state index contributed by atoms with van der Waals surface area (Å²) in [6.45, 7) is 0. The molecule has 4 nitrogen and oxygen atoms in total. The van der Waals surface area contributed by atoms with Gasteiger partial charge in [0, 0.05) is 0 Å². The van der Waals surface area contributed by atoms with Crippen LogP contribution in [0.3, 0.4) is 0 Å². The summed E-state index contributed by atoms with van der Waals surface area (Å²) in [6, 6.07) is 0. The van der Waals surface area contributed by atoms with Crippen LogP contribution < -0.4 is 0 Å². The van der Waals surface area contributed by atoms with Crippen molar-refractivity contribution in [3.05, 3.63) is 0 Å². The fraction of sp³-hybridized carbons (Fsp3) is 0.600. The van der Waals surface area contributed by atoms with E-state index in [0.29, 0.717) is 0 Å². The van der Waals surface area contributed by atoms with E-state index in [-0.39, 0.29) is 0 Å². The molecule has 0 atom stereocenters. The number of hydrogen-bond acceptors (Lipinski definition) is 4. The van der Waals surface area contributed by atoms with Crippen LogP contribution in [-0.4, -0.2) is 43.1 Å². The minimum Gasteiger partial charge on any atom is -0.514 e. The molecule has 12 heteroatoms. The Labute approximate surface area is 95.1 Å². The van der Waals surface area contributed by atoms with Gasteiger partial charge >= 0.3 is 43.1 Å². The van der Waals surface area contributed by atoms with Gasteiger partial charge in [-0.25, -0.2) is 0 Å². The molecule has 0 aliphatic heterocycles. The van der Waals surface area contributed by atoms with Crippen LogP contribution in [0.4, 0.5) is 26.3 Å². The minimum atomic E-state index is -4.62. The molecular weight excluding hydrogens is 294 g/mol. The lowest BCUT2D eigenvalue weighted by molar-refractivity contribution is -0.147. The Bertz CT molecular complexity index is 259. The highest BCUT2D eigenvalue weighted by atomic mass is 28.2. The molecule has 0 aromatic heterocycles. The van der Waals surface area contributed by atoms with Gasteiger partial charge in [-0.1, -0.05) is 0 Å². The lowest BCUT2D eigenvalue weighted by Crippen LogP contribution is -2.28. The summed E-state index contributed by atoms with van der Waals surface area (Å²) >= 11 is 0. The Morgan fingerprint density at radius 3 is 1.35 bits per heavy atom. The average molecular weight is 300 g/mol. The van der Waals surface area contributed by atoms with E-state index in [1.807, 2.05) is 0 Å². The van der Waals surface area contributed by atoms with Gasteiger partial charge in [0.05, 0.1) is 0 Å². The molecule has 0 N–H and O–H groups in total.